The van der Waals surface area contributed by atoms with Crippen molar-refractivity contribution in [2.45, 2.75) is 13.5 Å². The topological polar surface area (TPSA) is 71.1 Å². The van der Waals surface area contributed by atoms with Gasteiger partial charge in [0.15, 0.2) is 0 Å². The van der Waals surface area contributed by atoms with Crippen LogP contribution >= 0.6 is 7.60 Å². The Morgan fingerprint density at radius 3 is 2.03 bits per heavy atom. The summed E-state index contributed by atoms with van der Waals surface area (Å²) in [6, 6.07) is 24.2. The molecule has 0 radical (unpaired) electrons. The highest BCUT2D eigenvalue weighted by Crippen LogP contribution is 2.47. The van der Waals surface area contributed by atoms with E-state index in [1.54, 1.807) is 43.3 Å². The van der Waals surface area contributed by atoms with E-state index >= 15 is 0 Å². The van der Waals surface area contributed by atoms with Gasteiger partial charge in [-0.25, -0.2) is 9.36 Å². The summed E-state index contributed by atoms with van der Waals surface area (Å²) in [7, 11) is -3.51. The molecule has 0 aromatic heterocycles. The zero-order chi connectivity index (χ0) is 20.5. The van der Waals surface area contributed by atoms with Gasteiger partial charge in [-0.2, -0.15) is 0 Å². The van der Waals surface area contributed by atoms with Gasteiger partial charge in [-0.1, -0.05) is 48.5 Å². The minimum Gasteiger partial charge on any atom is -0.429 e. The van der Waals surface area contributed by atoms with Gasteiger partial charge in [0.05, 0.1) is 11.9 Å². The van der Waals surface area contributed by atoms with Crippen LogP contribution in [0.4, 0.5) is 4.79 Å². The van der Waals surface area contributed by atoms with Gasteiger partial charge < -0.3 is 14.0 Å². The molecule has 3 rings (SSSR count). The highest BCUT2D eigenvalue weighted by Gasteiger charge is 2.28. The van der Waals surface area contributed by atoms with Crippen molar-refractivity contribution < 1.29 is 27.9 Å². The van der Waals surface area contributed by atoms with Crippen molar-refractivity contribution in [1.82, 2.24) is 0 Å². The van der Waals surface area contributed by atoms with Gasteiger partial charge in [0.1, 0.15) is 18.1 Å². The molecule has 1 unspecified atom stereocenters. The number of carbonyl (C=O) groups is 1. The third-order valence-corrected chi connectivity index (χ3v) is 5.80. The number of benzene rings is 3. The van der Waals surface area contributed by atoms with E-state index in [1.165, 1.54) is 12.1 Å². The van der Waals surface area contributed by atoms with Crippen molar-refractivity contribution in [2.24, 2.45) is 0 Å². The summed E-state index contributed by atoms with van der Waals surface area (Å²) in [5.74, 6) is 0.608. The minimum absolute atomic E-state index is 0.121. The summed E-state index contributed by atoms with van der Waals surface area (Å²) in [4.78, 5) is 11.8. The highest BCUT2D eigenvalue weighted by atomic mass is 31.2. The quantitative estimate of drug-likeness (QED) is 0.283. The lowest BCUT2D eigenvalue weighted by molar-refractivity contribution is 0.0927. The van der Waals surface area contributed by atoms with Crippen LogP contribution in [-0.4, -0.2) is 12.8 Å². The Morgan fingerprint density at radius 1 is 0.828 bits per heavy atom. The third-order valence-electron chi connectivity index (χ3n) is 3.82. The lowest BCUT2D eigenvalue weighted by Gasteiger charge is -2.19. The van der Waals surface area contributed by atoms with Gasteiger partial charge >= 0.3 is 13.8 Å². The Balaban J connectivity index is 1.60. The molecule has 0 bridgehead atoms. The maximum Gasteiger partial charge on any atom is 0.514 e. The van der Waals surface area contributed by atoms with Gasteiger partial charge in [-0.3, -0.25) is 4.52 Å². The first-order valence-corrected chi connectivity index (χ1v) is 10.6. The average Bonchev–Trinajstić information content (AvgIpc) is 2.75. The molecule has 6 nitrogen and oxygen atoms in total. The Kier molecular flexibility index (Phi) is 7.06. The average molecular weight is 412 g/mol. The summed E-state index contributed by atoms with van der Waals surface area (Å²) in [6.45, 7) is 2.10. The fourth-order valence-corrected chi connectivity index (χ4v) is 4.07. The highest BCUT2D eigenvalue weighted by molar-refractivity contribution is 7.62. The predicted octanol–water partition coefficient (Wildman–Crippen LogP) is 5.34. The summed E-state index contributed by atoms with van der Waals surface area (Å²) < 4.78 is 34.4. The summed E-state index contributed by atoms with van der Waals surface area (Å²) >= 11 is 0. The molecule has 0 heterocycles. The minimum atomic E-state index is -3.51. The SMILES string of the molecule is CCOP(=O)(Oc1ccc(OC(=O)OCc2ccccc2)cc1)c1ccccc1. The van der Waals surface area contributed by atoms with Crippen LogP contribution in [0.2, 0.25) is 0 Å². The molecule has 3 aromatic rings. The van der Waals surface area contributed by atoms with E-state index in [4.69, 9.17) is 18.5 Å². The molecule has 0 spiro atoms. The molecule has 150 valence electrons. The molecule has 0 saturated carbocycles. The van der Waals surface area contributed by atoms with Crippen molar-refractivity contribution in [3.8, 4) is 11.5 Å². The van der Waals surface area contributed by atoms with E-state index in [0.717, 1.165) is 5.56 Å². The van der Waals surface area contributed by atoms with Crippen LogP contribution in [0.3, 0.4) is 0 Å². The lowest BCUT2D eigenvalue weighted by atomic mass is 10.2. The Labute approximate surface area is 169 Å². The van der Waals surface area contributed by atoms with Crippen LogP contribution in [0.15, 0.2) is 84.9 Å². The maximum absolute atomic E-state index is 13.1. The Morgan fingerprint density at radius 2 is 1.41 bits per heavy atom. The molecule has 7 heteroatoms. The van der Waals surface area contributed by atoms with Crippen molar-refractivity contribution in [3.05, 3.63) is 90.5 Å². The largest absolute Gasteiger partial charge is 0.514 e. The molecule has 0 fully saturated rings. The van der Waals surface area contributed by atoms with Crippen LogP contribution in [0.25, 0.3) is 0 Å². The van der Waals surface area contributed by atoms with E-state index in [2.05, 4.69) is 0 Å². The summed E-state index contributed by atoms with van der Waals surface area (Å²) in [5.41, 5.74) is 0.862. The van der Waals surface area contributed by atoms with E-state index in [0.29, 0.717) is 11.1 Å². The third kappa shape index (κ3) is 5.95. The molecule has 0 amide bonds. The Hall–Kier alpha value is -3.08. The Bertz CT molecular complexity index is 958. The van der Waals surface area contributed by atoms with Crippen molar-refractivity contribution in [2.75, 3.05) is 6.61 Å². The molecular formula is C22H21O6P. The monoisotopic (exact) mass is 412 g/mol. The second-order valence-electron chi connectivity index (χ2n) is 5.94. The first kappa shape index (κ1) is 20.6. The van der Waals surface area contributed by atoms with Gasteiger partial charge in [-0.05, 0) is 48.9 Å². The molecule has 0 aliphatic rings. The normalized spacial score (nSPS) is 12.6. The molecule has 0 N–H and O–H groups in total. The van der Waals surface area contributed by atoms with Gasteiger partial charge in [-0.15, -0.1) is 0 Å². The molecule has 0 saturated heterocycles. The lowest BCUT2D eigenvalue weighted by Crippen LogP contribution is -2.12. The standard InChI is InChI=1S/C22H21O6P/c1-2-26-29(24,21-11-7-4-8-12-21)28-20-15-13-19(14-16-20)27-22(23)25-17-18-9-5-3-6-10-18/h3-16H,2,17H2,1H3. The molecular weight excluding hydrogens is 391 g/mol. The van der Waals surface area contributed by atoms with Crippen molar-refractivity contribution in [1.29, 1.82) is 0 Å². The first-order valence-electron chi connectivity index (χ1n) is 9.07. The van der Waals surface area contributed by atoms with E-state index in [1.807, 2.05) is 36.4 Å². The molecule has 0 aliphatic heterocycles. The van der Waals surface area contributed by atoms with Crippen LogP contribution < -0.4 is 14.6 Å². The van der Waals surface area contributed by atoms with Crippen molar-refractivity contribution in [3.63, 3.8) is 0 Å². The van der Waals surface area contributed by atoms with Crippen LogP contribution in [0.1, 0.15) is 12.5 Å². The van der Waals surface area contributed by atoms with E-state index in [-0.39, 0.29) is 19.0 Å². The summed E-state index contributed by atoms with van der Waals surface area (Å²) in [5, 5.41) is 0.465. The first-order chi connectivity index (χ1) is 14.1. The second kappa shape index (κ2) is 9.92. The zero-order valence-corrected chi connectivity index (χ0v) is 16.8. The predicted molar refractivity (Wildman–Crippen MR) is 110 cm³/mol. The van der Waals surface area contributed by atoms with Crippen LogP contribution in [0, 0.1) is 0 Å². The number of carbonyl (C=O) groups excluding carboxylic acids is 1. The number of hydrogen-bond donors (Lipinski definition) is 0. The maximum atomic E-state index is 13.1. The van der Waals surface area contributed by atoms with E-state index in [9.17, 15) is 9.36 Å². The van der Waals surface area contributed by atoms with Gasteiger partial charge in [0.25, 0.3) is 0 Å². The van der Waals surface area contributed by atoms with Crippen LogP contribution in [-0.2, 0) is 20.4 Å². The second-order valence-corrected chi connectivity index (χ2v) is 7.89. The fraction of sp³-hybridized carbons (Fsp3) is 0.136. The van der Waals surface area contributed by atoms with Gasteiger partial charge in [0, 0.05) is 0 Å². The summed E-state index contributed by atoms with van der Waals surface area (Å²) in [6.07, 6.45) is -0.813. The van der Waals surface area contributed by atoms with Gasteiger partial charge in [0.2, 0.25) is 0 Å². The number of ether oxygens (including phenoxy) is 2. The van der Waals surface area contributed by atoms with Crippen LogP contribution in [0.5, 0.6) is 11.5 Å². The molecule has 0 aliphatic carbocycles. The van der Waals surface area contributed by atoms with Crippen molar-refractivity contribution >= 4 is 19.1 Å². The molecule has 3 aromatic carbocycles. The van der Waals surface area contributed by atoms with E-state index < -0.39 is 13.8 Å². The number of hydrogen-bond acceptors (Lipinski definition) is 6. The molecule has 29 heavy (non-hydrogen) atoms. The zero-order valence-electron chi connectivity index (χ0n) is 15.9. The molecule has 1 atom stereocenters. The fourth-order valence-electron chi connectivity index (χ4n) is 2.48. The number of rotatable bonds is 8. The smallest absolute Gasteiger partial charge is 0.429 e.